The zero-order chi connectivity index (χ0) is 24.1. The Kier molecular flexibility index (Phi) is 6.89. The number of thioether (sulfide) groups is 1. The lowest BCUT2D eigenvalue weighted by Crippen LogP contribution is -2.47. The zero-order valence-electron chi connectivity index (χ0n) is 18.6. The number of aliphatic imine (C=N–C) groups is 1. The average molecular weight is 471 g/mol. The molecule has 0 atom stereocenters. The van der Waals surface area contributed by atoms with Crippen molar-refractivity contribution in [1.29, 1.82) is 0 Å². The molecular weight excluding hydrogens is 448 g/mol. The summed E-state index contributed by atoms with van der Waals surface area (Å²) < 4.78 is 0. The topological polar surface area (TPSA) is 90.9 Å². The van der Waals surface area contributed by atoms with Gasteiger partial charge >= 0.3 is 0 Å². The molecule has 1 aliphatic rings. The summed E-state index contributed by atoms with van der Waals surface area (Å²) in [7, 11) is 0. The van der Waals surface area contributed by atoms with E-state index in [9.17, 15) is 14.4 Å². The van der Waals surface area contributed by atoms with Crippen LogP contribution in [0.4, 0.5) is 5.69 Å². The van der Waals surface area contributed by atoms with Crippen molar-refractivity contribution in [2.75, 3.05) is 11.6 Å². The van der Waals surface area contributed by atoms with Crippen molar-refractivity contribution in [1.82, 2.24) is 10.4 Å². The Morgan fingerprint density at radius 2 is 1.62 bits per heavy atom. The molecule has 0 radical (unpaired) electrons. The summed E-state index contributed by atoms with van der Waals surface area (Å²) in [5.41, 5.74) is 5.32. The molecule has 4 rings (SSSR count). The van der Waals surface area contributed by atoms with Crippen LogP contribution in [0.3, 0.4) is 0 Å². The number of rotatable bonds is 6. The minimum absolute atomic E-state index is 0.203. The molecule has 0 saturated heterocycles. The fourth-order valence-corrected chi connectivity index (χ4v) is 3.74. The molecule has 0 saturated carbocycles. The second-order valence-corrected chi connectivity index (χ2v) is 8.32. The van der Waals surface area contributed by atoms with Crippen molar-refractivity contribution >= 4 is 47.1 Å². The molecule has 7 nitrogen and oxygen atoms in total. The van der Waals surface area contributed by atoms with Crippen molar-refractivity contribution in [3.05, 3.63) is 101 Å². The largest absolute Gasteiger partial charge is 0.326 e. The summed E-state index contributed by atoms with van der Waals surface area (Å²) >= 11 is 1.64. The summed E-state index contributed by atoms with van der Waals surface area (Å²) in [4.78, 5) is 43.0. The molecule has 3 aromatic carbocycles. The number of carbonyl (C=O) groups is 3. The smallest absolute Gasteiger partial charge is 0.297 e. The molecule has 1 aliphatic heterocycles. The number of benzene rings is 3. The van der Waals surface area contributed by atoms with Crippen LogP contribution >= 0.6 is 11.8 Å². The first kappa shape index (κ1) is 23.0. The molecule has 0 bridgehead atoms. The van der Waals surface area contributed by atoms with E-state index >= 15 is 0 Å². The quantitative estimate of drug-likeness (QED) is 0.414. The Morgan fingerprint density at radius 1 is 0.941 bits per heavy atom. The van der Waals surface area contributed by atoms with Crippen LogP contribution < -0.4 is 10.7 Å². The van der Waals surface area contributed by atoms with Gasteiger partial charge in [0.15, 0.2) is 5.84 Å². The number of anilines is 1. The van der Waals surface area contributed by atoms with Crippen LogP contribution in [0.1, 0.15) is 28.4 Å². The molecule has 3 aromatic rings. The number of hydrogen-bond donors (Lipinski definition) is 2. The molecule has 0 fully saturated rings. The SMILES string of the molecule is CSc1ccc(/C=C2/N=C(c3ccccc3)N(NC(=O)c3ccc(NC(C)=O)cc3)C2=O)cc1. The van der Waals surface area contributed by atoms with E-state index in [-0.39, 0.29) is 11.6 Å². The van der Waals surface area contributed by atoms with Gasteiger partial charge in [0.25, 0.3) is 11.8 Å². The second kappa shape index (κ2) is 10.2. The molecule has 2 N–H and O–H groups in total. The van der Waals surface area contributed by atoms with Gasteiger partial charge in [0.2, 0.25) is 5.91 Å². The van der Waals surface area contributed by atoms with Gasteiger partial charge in [-0.05, 0) is 54.3 Å². The van der Waals surface area contributed by atoms with E-state index in [2.05, 4.69) is 15.7 Å². The van der Waals surface area contributed by atoms with E-state index in [1.165, 1.54) is 11.9 Å². The lowest BCUT2D eigenvalue weighted by molar-refractivity contribution is -0.124. The third kappa shape index (κ3) is 5.24. The van der Waals surface area contributed by atoms with Crippen molar-refractivity contribution in [2.45, 2.75) is 11.8 Å². The number of amides is 3. The number of hydrazine groups is 1. The predicted octanol–water partition coefficient (Wildman–Crippen LogP) is 4.34. The Morgan fingerprint density at radius 3 is 2.24 bits per heavy atom. The minimum atomic E-state index is -0.475. The molecule has 1 heterocycles. The lowest BCUT2D eigenvalue weighted by atomic mass is 10.2. The maximum atomic E-state index is 13.2. The molecule has 0 unspecified atom stereocenters. The maximum Gasteiger partial charge on any atom is 0.297 e. The van der Waals surface area contributed by atoms with E-state index in [0.29, 0.717) is 22.6 Å². The molecule has 3 amide bonds. The van der Waals surface area contributed by atoms with Crippen LogP contribution in [0, 0.1) is 0 Å². The number of amidine groups is 1. The summed E-state index contributed by atoms with van der Waals surface area (Å²) in [6.45, 7) is 1.41. The summed E-state index contributed by atoms with van der Waals surface area (Å²) in [6.07, 6.45) is 3.70. The monoisotopic (exact) mass is 470 g/mol. The highest BCUT2D eigenvalue weighted by Crippen LogP contribution is 2.22. The molecule has 0 spiro atoms. The first-order valence-corrected chi connectivity index (χ1v) is 11.7. The molecule has 8 heteroatoms. The summed E-state index contributed by atoms with van der Waals surface area (Å²) in [5, 5.41) is 3.82. The van der Waals surface area contributed by atoms with Gasteiger partial charge in [-0.2, -0.15) is 5.01 Å². The van der Waals surface area contributed by atoms with E-state index in [1.54, 1.807) is 42.1 Å². The first-order chi connectivity index (χ1) is 16.4. The third-order valence-electron chi connectivity index (χ3n) is 4.99. The summed E-state index contributed by atoms with van der Waals surface area (Å²) in [5.74, 6) is -0.778. The van der Waals surface area contributed by atoms with E-state index < -0.39 is 11.8 Å². The normalized spacial score (nSPS) is 14.2. The van der Waals surface area contributed by atoms with Crippen LogP contribution in [0.5, 0.6) is 0 Å². The second-order valence-electron chi connectivity index (χ2n) is 7.44. The minimum Gasteiger partial charge on any atom is -0.326 e. The average Bonchev–Trinajstić information content (AvgIpc) is 3.15. The lowest BCUT2D eigenvalue weighted by Gasteiger charge is -2.19. The Labute approximate surface area is 201 Å². The predicted molar refractivity (Wildman–Crippen MR) is 134 cm³/mol. The van der Waals surface area contributed by atoms with Gasteiger partial charge in [-0.3, -0.25) is 19.8 Å². The van der Waals surface area contributed by atoms with Gasteiger partial charge in [-0.1, -0.05) is 42.5 Å². The highest BCUT2D eigenvalue weighted by molar-refractivity contribution is 7.98. The Balaban J connectivity index is 1.61. The van der Waals surface area contributed by atoms with E-state index in [1.807, 2.05) is 60.9 Å². The van der Waals surface area contributed by atoms with E-state index in [4.69, 9.17) is 0 Å². The first-order valence-electron chi connectivity index (χ1n) is 10.5. The van der Waals surface area contributed by atoms with Crippen molar-refractivity contribution < 1.29 is 14.4 Å². The molecular formula is C26H22N4O3S. The maximum absolute atomic E-state index is 13.2. The highest BCUT2D eigenvalue weighted by atomic mass is 32.2. The fourth-order valence-electron chi connectivity index (χ4n) is 3.33. The van der Waals surface area contributed by atoms with Crippen LogP contribution in [-0.2, 0) is 9.59 Å². The van der Waals surface area contributed by atoms with Gasteiger partial charge < -0.3 is 5.32 Å². The van der Waals surface area contributed by atoms with E-state index in [0.717, 1.165) is 10.5 Å². The Bertz CT molecular complexity index is 1280. The molecule has 34 heavy (non-hydrogen) atoms. The number of hydrogen-bond acceptors (Lipinski definition) is 5. The van der Waals surface area contributed by atoms with Crippen molar-refractivity contribution in [3.8, 4) is 0 Å². The Hall–Kier alpha value is -4.17. The van der Waals surface area contributed by atoms with Gasteiger partial charge in [-0.25, -0.2) is 4.99 Å². The number of nitrogens with zero attached hydrogens (tertiary/aromatic N) is 2. The van der Waals surface area contributed by atoms with Crippen LogP contribution in [0.15, 0.2) is 94.4 Å². The number of carbonyl (C=O) groups excluding carboxylic acids is 3. The third-order valence-corrected chi connectivity index (χ3v) is 5.74. The molecule has 0 aromatic heterocycles. The number of nitrogens with one attached hydrogen (secondary N) is 2. The van der Waals surface area contributed by atoms with Crippen LogP contribution in [-0.4, -0.2) is 34.8 Å². The summed E-state index contributed by atoms with van der Waals surface area (Å²) in [6, 6.07) is 23.4. The van der Waals surface area contributed by atoms with Gasteiger partial charge in [0.1, 0.15) is 5.70 Å². The van der Waals surface area contributed by atoms with Crippen molar-refractivity contribution in [3.63, 3.8) is 0 Å². The molecule has 170 valence electrons. The fraction of sp³-hybridized carbons (Fsp3) is 0.0769. The highest BCUT2D eigenvalue weighted by Gasteiger charge is 2.33. The van der Waals surface area contributed by atoms with Crippen LogP contribution in [0.25, 0.3) is 6.08 Å². The zero-order valence-corrected chi connectivity index (χ0v) is 19.4. The van der Waals surface area contributed by atoms with Gasteiger partial charge in [0, 0.05) is 28.6 Å². The van der Waals surface area contributed by atoms with Crippen LogP contribution in [0.2, 0.25) is 0 Å². The van der Waals surface area contributed by atoms with Gasteiger partial charge in [0.05, 0.1) is 0 Å². The van der Waals surface area contributed by atoms with Gasteiger partial charge in [-0.15, -0.1) is 11.8 Å². The standard InChI is InChI=1S/C26H22N4O3S/c1-17(31)27-21-12-10-20(11-13-21)25(32)29-30-24(19-6-4-3-5-7-19)28-23(26(30)33)16-18-8-14-22(34-2)15-9-18/h3-16H,1-2H3,(H,27,31)(H,29,32)/b23-16+. The van der Waals surface area contributed by atoms with Crippen molar-refractivity contribution in [2.24, 2.45) is 4.99 Å². The molecule has 0 aliphatic carbocycles.